The van der Waals surface area contributed by atoms with Crippen LogP contribution in [-0.4, -0.2) is 19.1 Å². The summed E-state index contributed by atoms with van der Waals surface area (Å²) in [6.45, 7) is 0. The standard InChI is InChI=1S/C13H13Cl2N3/c1-16-12-10(14)8-11(15)13(17-12)18(2)9-6-4-3-5-7-9/h3-8H,1-2H3,(H,16,17). The molecule has 0 aliphatic heterocycles. The molecule has 0 amide bonds. The summed E-state index contributed by atoms with van der Waals surface area (Å²) in [6, 6.07) is 11.6. The first kappa shape index (κ1) is 13.0. The number of para-hydroxylation sites is 1. The molecule has 0 bridgehead atoms. The van der Waals surface area contributed by atoms with E-state index in [2.05, 4.69) is 10.3 Å². The monoisotopic (exact) mass is 281 g/mol. The molecule has 0 spiro atoms. The van der Waals surface area contributed by atoms with Gasteiger partial charge in [-0.1, -0.05) is 41.4 Å². The summed E-state index contributed by atoms with van der Waals surface area (Å²) in [5, 5.41) is 3.97. The summed E-state index contributed by atoms with van der Waals surface area (Å²) >= 11 is 12.2. The van der Waals surface area contributed by atoms with Gasteiger partial charge in [-0.2, -0.15) is 0 Å². The lowest BCUT2D eigenvalue weighted by Gasteiger charge is -2.20. The molecule has 2 aromatic rings. The number of rotatable bonds is 3. The van der Waals surface area contributed by atoms with Gasteiger partial charge in [0.25, 0.3) is 0 Å². The highest BCUT2D eigenvalue weighted by Gasteiger charge is 2.13. The van der Waals surface area contributed by atoms with Crippen LogP contribution in [0.1, 0.15) is 0 Å². The van der Waals surface area contributed by atoms with Gasteiger partial charge in [0.15, 0.2) is 5.82 Å². The number of nitrogens with one attached hydrogen (secondary N) is 1. The number of halogens is 2. The lowest BCUT2D eigenvalue weighted by atomic mass is 10.3. The fourth-order valence-electron chi connectivity index (χ4n) is 1.64. The Morgan fingerprint density at radius 2 is 1.78 bits per heavy atom. The molecule has 1 heterocycles. The minimum Gasteiger partial charge on any atom is -0.372 e. The second-order valence-corrected chi connectivity index (χ2v) is 4.58. The van der Waals surface area contributed by atoms with Crippen molar-refractivity contribution in [3.63, 3.8) is 0 Å². The Balaban J connectivity index is 2.45. The van der Waals surface area contributed by atoms with Crippen LogP contribution in [0.5, 0.6) is 0 Å². The van der Waals surface area contributed by atoms with Crippen molar-refractivity contribution in [1.82, 2.24) is 4.98 Å². The van der Waals surface area contributed by atoms with E-state index in [0.717, 1.165) is 5.69 Å². The van der Waals surface area contributed by atoms with E-state index < -0.39 is 0 Å². The first-order valence-corrected chi connectivity index (χ1v) is 6.21. The third-order valence-corrected chi connectivity index (χ3v) is 3.18. The van der Waals surface area contributed by atoms with Gasteiger partial charge in [0.2, 0.25) is 0 Å². The van der Waals surface area contributed by atoms with E-state index in [-0.39, 0.29) is 0 Å². The molecule has 5 heteroatoms. The highest BCUT2D eigenvalue weighted by molar-refractivity contribution is 6.37. The highest BCUT2D eigenvalue weighted by Crippen LogP contribution is 2.33. The van der Waals surface area contributed by atoms with Gasteiger partial charge in [0, 0.05) is 19.8 Å². The van der Waals surface area contributed by atoms with Crippen molar-refractivity contribution in [2.24, 2.45) is 0 Å². The molecule has 0 saturated carbocycles. The summed E-state index contributed by atoms with van der Waals surface area (Å²) in [4.78, 5) is 6.33. The minimum atomic E-state index is 0.507. The number of aromatic nitrogens is 1. The van der Waals surface area contributed by atoms with Gasteiger partial charge >= 0.3 is 0 Å². The fraction of sp³-hybridized carbons (Fsp3) is 0.154. The molecular formula is C13H13Cl2N3. The molecule has 0 unspecified atom stereocenters. The predicted molar refractivity (Wildman–Crippen MR) is 78.3 cm³/mol. The average Bonchev–Trinajstić information content (AvgIpc) is 2.39. The van der Waals surface area contributed by atoms with Gasteiger partial charge < -0.3 is 10.2 Å². The summed E-state index contributed by atoms with van der Waals surface area (Å²) in [6.07, 6.45) is 0. The van der Waals surface area contributed by atoms with Crippen molar-refractivity contribution in [3.05, 3.63) is 46.4 Å². The Hall–Kier alpha value is -1.45. The second kappa shape index (κ2) is 5.46. The van der Waals surface area contributed by atoms with Crippen LogP contribution in [-0.2, 0) is 0 Å². The lowest BCUT2D eigenvalue weighted by molar-refractivity contribution is 1.12. The number of benzene rings is 1. The van der Waals surface area contributed by atoms with Crippen LogP contribution in [0.25, 0.3) is 0 Å². The molecule has 0 atom stereocenters. The van der Waals surface area contributed by atoms with E-state index in [4.69, 9.17) is 23.2 Å². The molecule has 0 saturated heterocycles. The average molecular weight is 282 g/mol. The van der Waals surface area contributed by atoms with Gasteiger partial charge in [-0.3, -0.25) is 0 Å². The quantitative estimate of drug-likeness (QED) is 0.914. The Morgan fingerprint density at radius 1 is 1.11 bits per heavy atom. The van der Waals surface area contributed by atoms with Crippen LogP contribution in [0.2, 0.25) is 10.0 Å². The number of nitrogens with zero attached hydrogens (tertiary/aromatic N) is 2. The molecule has 18 heavy (non-hydrogen) atoms. The molecule has 1 aromatic heterocycles. The van der Waals surface area contributed by atoms with Crippen LogP contribution >= 0.6 is 23.2 Å². The summed E-state index contributed by atoms with van der Waals surface area (Å²) in [5.41, 5.74) is 1.01. The molecule has 1 aromatic carbocycles. The Kier molecular flexibility index (Phi) is 3.94. The SMILES string of the molecule is CNc1nc(N(C)c2ccccc2)c(Cl)cc1Cl. The van der Waals surface area contributed by atoms with Crippen LogP contribution in [0.3, 0.4) is 0 Å². The Labute approximate surface area is 116 Å². The molecule has 3 nitrogen and oxygen atoms in total. The summed E-state index contributed by atoms with van der Waals surface area (Å²) in [5.74, 6) is 1.27. The normalized spacial score (nSPS) is 10.2. The zero-order valence-corrected chi connectivity index (χ0v) is 11.6. The van der Waals surface area contributed by atoms with Crippen molar-refractivity contribution < 1.29 is 0 Å². The smallest absolute Gasteiger partial charge is 0.154 e. The molecule has 1 N–H and O–H groups in total. The van der Waals surface area contributed by atoms with E-state index in [1.165, 1.54) is 0 Å². The van der Waals surface area contributed by atoms with Crippen LogP contribution in [0.15, 0.2) is 36.4 Å². The molecule has 0 aliphatic carbocycles. The third-order valence-electron chi connectivity index (χ3n) is 2.61. The Morgan fingerprint density at radius 3 is 2.39 bits per heavy atom. The molecule has 94 valence electrons. The van der Waals surface area contributed by atoms with Gasteiger partial charge in [-0.25, -0.2) is 4.98 Å². The van der Waals surface area contributed by atoms with Crippen molar-refractivity contribution in [1.29, 1.82) is 0 Å². The van der Waals surface area contributed by atoms with E-state index in [9.17, 15) is 0 Å². The molecule has 2 rings (SSSR count). The van der Waals surface area contributed by atoms with Crippen molar-refractivity contribution in [2.75, 3.05) is 24.3 Å². The minimum absolute atomic E-state index is 0.507. The summed E-state index contributed by atoms with van der Waals surface area (Å²) in [7, 11) is 3.69. The van der Waals surface area contributed by atoms with Crippen molar-refractivity contribution >= 4 is 40.5 Å². The number of hydrogen-bond donors (Lipinski definition) is 1. The zero-order valence-electron chi connectivity index (χ0n) is 10.1. The topological polar surface area (TPSA) is 28.2 Å². The number of anilines is 3. The van der Waals surface area contributed by atoms with Crippen molar-refractivity contribution in [2.45, 2.75) is 0 Å². The molecule has 0 radical (unpaired) electrons. The van der Waals surface area contributed by atoms with E-state index in [1.807, 2.05) is 42.3 Å². The van der Waals surface area contributed by atoms with Crippen molar-refractivity contribution in [3.8, 4) is 0 Å². The van der Waals surface area contributed by atoms with Gasteiger partial charge in [-0.05, 0) is 18.2 Å². The number of hydrogen-bond acceptors (Lipinski definition) is 3. The van der Waals surface area contributed by atoms with E-state index >= 15 is 0 Å². The fourth-order valence-corrected chi connectivity index (χ4v) is 2.22. The summed E-state index contributed by atoms with van der Waals surface area (Å²) < 4.78 is 0. The lowest BCUT2D eigenvalue weighted by Crippen LogP contribution is -2.12. The number of pyridine rings is 1. The van der Waals surface area contributed by atoms with Crippen LogP contribution in [0.4, 0.5) is 17.3 Å². The maximum Gasteiger partial charge on any atom is 0.154 e. The van der Waals surface area contributed by atoms with Crippen LogP contribution < -0.4 is 10.2 Å². The van der Waals surface area contributed by atoms with Crippen LogP contribution in [0, 0.1) is 0 Å². The maximum atomic E-state index is 6.19. The van der Waals surface area contributed by atoms with Gasteiger partial charge in [-0.15, -0.1) is 0 Å². The van der Waals surface area contributed by atoms with Gasteiger partial charge in [0.05, 0.1) is 10.0 Å². The second-order valence-electron chi connectivity index (χ2n) is 3.77. The molecule has 0 fully saturated rings. The zero-order chi connectivity index (χ0) is 13.1. The molecule has 0 aliphatic rings. The molecular weight excluding hydrogens is 269 g/mol. The predicted octanol–water partition coefficient (Wildman–Crippen LogP) is 4.20. The van der Waals surface area contributed by atoms with Gasteiger partial charge in [0.1, 0.15) is 5.82 Å². The maximum absolute atomic E-state index is 6.19. The van der Waals surface area contributed by atoms with E-state index in [1.54, 1.807) is 13.1 Å². The third kappa shape index (κ3) is 2.52. The van der Waals surface area contributed by atoms with E-state index in [0.29, 0.717) is 21.7 Å². The first-order chi connectivity index (χ1) is 8.63. The first-order valence-electron chi connectivity index (χ1n) is 5.46. The Bertz CT molecular complexity index is 543. The highest BCUT2D eigenvalue weighted by atomic mass is 35.5. The largest absolute Gasteiger partial charge is 0.372 e.